The van der Waals surface area contributed by atoms with E-state index in [1.165, 1.54) is 36.5 Å². The van der Waals surface area contributed by atoms with E-state index < -0.39 is 28.3 Å². The molecule has 3 rings (SSSR count). The number of hydrogen-bond acceptors (Lipinski definition) is 5. The van der Waals surface area contributed by atoms with Crippen molar-refractivity contribution in [1.29, 1.82) is 0 Å². The molecule has 0 aliphatic carbocycles. The van der Waals surface area contributed by atoms with E-state index in [9.17, 15) is 17.6 Å². The van der Waals surface area contributed by atoms with E-state index in [-0.39, 0.29) is 10.6 Å². The highest BCUT2D eigenvalue weighted by atomic mass is 32.2. The lowest BCUT2D eigenvalue weighted by Gasteiger charge is -2.24. The molecule has 3 aromatic rings. The van der Waals surface area contributed by atoms with Crippen molar-refractivity contribution in [2.45, 2.75) is 4.90 Å². The van der Waals surface area contributed by atoms with Crippen molar-refractivity contribution in [2.24, 2.45) is 5.10 Å². The van der Waals surface area contributed by atoms with E-state index in [1.54, 1.807) is 42.7 Å². The van der Waals surface area contributed by atoms with Crippen LogP contribution in [-0.2, 0) is 14.8 Å². The van der Waals surface area contributed by atoms with E-state index in [2.05, 4.69) is 15.5 Å². The van der Waals surface area contributed by atoms with Gasteiger partial charge in [0.15, 0.2) is 0 Å². The molecular weight excluding hydrogens is 395 g/mol. The maximum absolute atomic E-state index is 14.3. The van der Waals surface area contributed by atoms with Crippen LogP contribution in [0, 0.1) is 5.82 Å². The second-order valence-corrected chi connectivity index (χ2v) is 7.72. The number of rotatable bonds is 7. The van der Waals surface area contributed by atoms with Crippen LogP contribution in [0.2, 0.25) is 0 Å². The van der Waals surface area contributed by atoms with Gasteiger partial charge in [0.25, 0.3) is 15.9 Å². The van der Waals surface area contributed by atoms with Gasteiger partial charge in [0.1, 0.15) is 12.4 Å². The van der Waals surface area contributed by atoms with Gasteiger partial charge in [-0.25, -0.2) is 18.2 Å². The van der Waals surface area contributed by atoms with E-state index in [1.807, 2.05) is 0 Å². The number of carbonyl (C=O) groups is 1. The van der Waals surface area contributed by atoms with Crippen LogP contribution >= 0.6 is 0 Å². The third-order valence-corrected chi connectivity index (χ3v) is 5.60. The van der Waals surface area contributed by atoms with Crippen molar-refractivity contribution in [3.05, 3.63) is 90.5 Å². The number of hydrogen-bond donors (Lipinski definition) is 1. The minimum absolute atomic E-state index is 0.0603. The van der Waals surface area contributed by atoms with Crippen molar-refractivity contribution in [3.63, 3.8) is 0 Å². The Labute approximate surface area is 167 Å². The van der Waals surface area contributed by atoms with Crippen LogP contribution in [0.4, 0.5) is 10.1 Å². The largest absolute Gasteiger partial charge is 0.271 e. The van der Waals surface area contributed by atoms with Crippen molar-refractivity contribution >= 4 is 27.8 Å². The Balaban J connectivity index is 1.85. The number of sulfonamides is 1. The number of amides is 1. The maximum Gasteiger partial charge on any atom is 0.264 e. The Morgan fingerprint density at radius 2 is 1.79 bits per heavy atom. The highest BCUT2D eigenvalue weighted by Gasteiger charge is 2.28. The van der Waals surface area contributed by atoms with Gasteiger partial charge in [0, 0.05) is 18.0 Å². The first-order valence-corrected chi connectivity index (χ1v) is 9.97. The third kappa shape index (κ3) is 5.02. The van der Waals surface area contributed by atoms with E-state index in [0.29, 0.717) is 9.87 Å². The summed E-state index contributed by atoms with van der Waals surface area (Å²) in [5.74, 6) is -1.49. The molecular formula is C20H17FN4O3S. The molecule has 1 amide bonds. The molecule has 0 fully saturated rings. The summed E-state index contributed by atoms with van der Waals surface area (Å²) in [5, 5.41) is 3.79. The van der Waals surface area contributed by atoms with Gasteiger partial charge in [-0.3, -0.25) is 14.1 Å². The van der Waals surface area contributed by atoms with Gasteiger partial charge in [-0.15, -0.1) is 0 Å². The average Bonchev–Trinajstić information content (AvgIpc) is 2.74. The van der Waals surface area contributed by atoms with E-state index >= 15 is 0 Å². The highest BCUT2D eigenvalue weighted by Crippen LogP contribution is 2.25. The summed E-state index contributed by atoms with van der Waals surface area (Å²) in [6.07, 6.45) is 4.50. The molecule has 0 unspecified atom stereocenters. The first kappa shape index (κ1) is 20.2. The number of para-hydroxylation sites is 1. The molecule has 0 saturated heterocycles. The van der Waals surface area contributed by atoms with Gasteiger partial charge >= 0.3 is 0 Å². The molecule has 29 heavy (non-hydrogen) atoms. The zero-order valence-corrected chi connectivity index (χ0v) is 16.0. The van der Waals surface area contributed by atoms with Crippen LogP contribution < -0.4 is 9.73 Å². The van der Waals surface area contributed by atoms with Crippen molar-refractivity contribution < 1.29 is 17.6 Å². The lowest BCUT2D eigenvalue weighted by atomic mass is 10.3. The van der Waals surface area contributed by atoms with Crippen molar-refractivity contribution in [2.75, 3.05) is 10.8 Å². The number of nitrogens with one attached hydrogen (secondary N) is 1. The molecule has 0 spiro atoms. The third-order valence-electron chi connectivity index (χ3n) is 3.83. The number of hydrazone groups is 1. The van der Waals surface area contributed by atoms with Gasteiger partial charge in [0.2, 0.25) is 0 Å². The Morgan fingerprint density at radius 3 is 2.48 bits per heavy atom. The van der Waals surface area contributed by atoms with Gasteiger partial charge < -0.3 is 0 Å². The summed E-state index contributed by atoms with van der Waals surface area (Å²) in [6, 6.07) is 16.3. The van der Waals surface area contributed by atoms with Gasteiger partial charge in [-0.05, 0) is 30.3 Å². The van der Waals surface area contributed by atoms with Crippen LogP contribution in [-0.4, -0.2) is 32.1 Å². The van der Waals surface area contributed by atoms with Crippen LogP contribution in [0.1, 0.15) is 5.56 Å². The topological polar surface area (TPSA) is 91.7 Å². The summed E-state index contributed by atoms with van der Waals surface area (Å²) < 4.78 is 41.1. The van der Waals surface area contributed by atoms with Gasteiger partial charge in [-0.1, -0.05) is 36.4 Å². The van der Waals surface area contributed by atoms with Crippen molar-refractivity contribution in [1.82, 2.24) is 10.4 Å². The van der Waals surface area contributed by atoms with Gasteiger partial charge in [-0.2, -0.15) is 5.10 Å². The molecule has 148 valence electrons. The Kier molecular flexibility index (Phi) is 6.30. The molecule has 0 atom stereocenters. The first-order valence-electron chi connectivity index (χ1n) is 8.53. The Morgan fingerprint density at radius 1 is 1.07 bits per heavy atom. The van der Waals surface area contributed by atoms with E-state index in [0.717, 1.165) is 6.07 Å². The fourth-order valence-corrected chi connectivity index (χ4v) is 3.92. The molecule has 0 aliphatic heterocycles. The SMILES string of the molecule is O=C(CN(c1ccccc1F)S(=O)(=O)c1ccccc1)N/N=C\c1cccnc1. The summed E-state index contributed by atoms with van der Waals surface area (Å²) in [4.78, 5) is 16.2. The maximum atomic E-state index is 14.3. The molecule has 0 aliphatic rings. The zero-order valence-electron chi connectivity index (χ0n) is 15.1. The summed E-state index contributed by atoms with van der Waals surface area (Å²) >= 11 is 0. The molecule has 2 aromatic carbocycles. The summed E-state index contributed by atoms with van der Waals surface area (Å²) in [5.41, 5.74) is 2.66. The Bertz CT molecular complexity index is 1110. The molecule has 1 N–H and O–H groups in total. The van der Waals surface area contributed by atoms with Crippen molar-refractivity contribution in [3.8, 4) is 0 Å². The number of nitrogens with zero attached hydrogens (tertiary/aromatic N) is 3. The molecule has 0 saturated carbocycles. The second-order valence-electron chi connectivity index (χ2n) is 5.86. The number of carbonyl (C=O) groups excluding carboxylic acids is 1. The molecule has 1 heterocycles. The number of benzene rings is 2. The fourth-order valence-electron chi connectivity index (χ4n) is 2.47. The Hall–Kier alpha value is -3.59. The fraction of sp³-hybridized carbons (Fsp3) is 0.0500. The second kappa shape index (κ2) is 9.07. The number of aromatic nitrogens is 1. The average molecular weight is 412 g/mol. The number of pyridine rings is 1. The van der Waals surface area contributed by atoms with Crippen LogP contribution in [0.3, 0.4) is 0 Å². The molecule has 0 radical (unpaired) electrons. The number of anilines is 1. The summed E-state index contributed by atoms with van der Waals surface area (Å²) in [6.45, 7) is -0.650. The summed E-state index contributed by atoms with van der Waals surface area (Å²) in [7, 11) is -4.18. The quantitative estimate of drug-likeness (QED) is 0.477. The van der Waals surface area contributed by atoms with Crippen LogP contribution in [0.5, 0.6) is 0 Å². The molecule has 1 aromatic heterocycles. The predicted molar refractivity (Wildman–Crippen MR) is 107 cm³/mol. The zero-order chi connectivity index (χ0) is 20.7. The monoisotopic (exact) mass is 412 g/mol. The lowest BCUT2D eigenvalue weighted by Crippen LogP contribution is -2.40. The van der Waals surface area contributed by atoms with Crippen LogP contribution in [0.15, 0.2) is 89.1 Å². The lowest BCUT2D eigenvalue weighted by molar-refractivity contribution is -0.119. The molecule has 9 heteroatoms. The van der Waals surface area contributed by atoms with E-state index in [4.69, 9.17) is 0 Å². The first-order chi connectivity index (χ1) is 14.0. The highest BCUT2D eigenvalue weighted by molar-refractivity contribution is 7.92. The number of halogens is 1. The molecule has 0 bridgehead atoms. The van der Waals surface area contributed by atoms with Gasteiger partial charge in [0.05, 0.1) is 16.8 Å². The standard InChI is InChI=1S/C20H17FN4O3S/c21-18-10-4-5-11-19(18)25(29(27,28)17-8-2-1-3-9-17)15-20(26)24-23-14-16-7-6-12-22-13-16/h1-14H,15H2,(H,24,26)/b23-14-. The smallest absolute Gasteiger partial charge is 0.264 e. The minimum atomic E-state index is -4.18. The van der Waals surface area contributed by atoms with Crippen LogP contribution in [0.25, 0.3) is 0 Å². The molecule has 7 nitrogen and oxygen atoms in total. The minimum Gasteiger partial charge on any atom is -0.271 e. The normalized spacial score (nSPS) is 11.3. The predicted octanol–water partition coefficient (Wildman–Crippen LogP) is 2.57.